The summed E-state index contributed by atoms with van der Waals surface area (Å²) in [5.41, 5.74) is 4.55. The second-order valence-corrected chi connectivity index (χ2v) is 1.96. The molecule has 3 N–H and O–H groups in total. The van der Waals surface area contributed by atoms with Crippen molar-refractivity contribution < 1.29 is 127 Å². The van der Waals surface area contributed by atoms with Crippen molar-refractivity contribution >= 4 is 18.0 Å². The summed E-state index contributed by atoms with van der Waals surface area (Å²) in [6, 6.07) is -2.78. The van der Waals surface area contributed by atoms with Crippen LogP contribution in [-0.4, -0.2) is 24.0 Å². The van der Waals surface area contributed by atoms with Gasteiger partial charge >= 0.3 is 109 Å². The van der Waals surface area contributed by atoms with Gasteiger partial charge in [0.2, 0.25) is 0 Å². The Balaban J connectivity index is -0.000000605. The van der Waals surface area contributed by atoms with E-state index in [1.165, 1.54) is 0 Å². The van der Waals surface area contributed by atoms with Crippen molar-refractivity contribution in [2.24, 2.45) is 5.73 Å². The third-order valence-electron chi connectivity index (χ3n) is 0.972. The van der Waals surface area contributed by atoms with Crippen LogP contribution in [0.15, 0.2) is 0 Å². The van der Waals surface area contributed by atoms with E-state index in [1.807, 2.05) is 0 Å². The second kappa shape index (κ2) is 11.0. The van der Waals surface area contributed by atoms with Gasteiger partial charge in [-0.05, 0) is 0 Å². The minimum Gasteiger partial charge on any atom is -0.550 e. The fraction of sp³-hybridized carbons (Fsp3) is 0.400. The van der Waals surface area contributed by atoms with E-state index in [1.54, 1.807) is 5.32 Å². The Morgan fingerprint density at radius 1 is 1.21 bits per heavy atom. The monoisotopic (exact) mass is 252 g/mol. The molecule has 0 heterocycles. The Morgan fingerprint density at radius 2 is 1.64 bits per heavy atom. The van der Waals surface area contributed by atoms with Crippen LogP contribution in [-0.2, 0) is 9.59 Å². The predicted octanol–water partition coefficient (Wildman–Crippen LogP) is -10.1. The van der Waals surface area contributed by atoms with E-state index in [-0.39, 0.29) is 103 Å². The Bertz CT molecular complexity index is 206. The van der Waals surface area contributed by atoms with Crippen molar-refractivity contribution in [1.82, 2.24) is 5.32 Å². The van der Waals surface area contributed by atoms with E-state index >= 15 is 0 Å². The van der Waals surface area contributed by atoms with Crippen LogP contribution in [0.4, 0.5) is 4.79 Å². The third kappa shape index (κ3) is 11.6. The molecule has 0 aromatic carbocycles. The molecule has 0 aliphatic rings. The summed E-state index contributed by atoms with van der Waals surface area (Å²) < 4.78 is 0. The van der Waals surface area contributed by atoms with Crippen molar-refractivity contribution in [3.8, 4) is 0 Å². The maximum absolute atomic E-state index is 10.1. The van der Waals surface area contributed by atoms with Crippen molar-refractivity contribution in [3.63, 3.8) is 0 Å². The molecule has 0 bridgehead atoms. The number of amides is 2. The molecule has 0 radical (unpaired) electrons. The zero-order valence-electron chi connectivity index (χ0n) is 7.90. The number of carbonyl (C=O) groups excluding carboxylic acids is 3. The summed E-state index contributed by atoms with van der Waals surface area (Å²) in [6.07, 6.45) is -0.870. The molecule has 68 valence electrons. The maximum Gasteiger partial charge on any atom is 1.00 e. The number of rotatable bonds is 4. The second-order valence-electron chi connectivity index (χ2n) is 1.96. The fourth-order valence-electron chi connectivity index (χ4n) is 0.532. The molecule has 9 heteroatoms. The van der Waals surface area contributed by atoms with Crippen LogP contribution in [0.2, 0.25) is 0 Å². The largest absolute Gasteiger partial charge is 1.00 e. The number of aliphatic carboxylic acids is 2. The van der Waals surface area contributed by atoms with E-state index < -0.39 is 30.4 Å². The topological polar surface area (TPSA) is 135 Å². The van der Waals surface area contributed by atoms with Gasteiger partial charge in [-0.15, -0.1) is 0 Å². The van der Waals surface area contributed by atoms with Gasteiger partial charge in [-0.3, -0.25) is 0 Å². The molecule has 0 rings (SSSR count). The minimum absolute atomic E-state index is 0. The van der Waals surface area contributed by atoms with E-state index in [9.17, 15) is 24.6 Å². The number of urea groups is 1. The number of nitrogens with two attached hydrogens (primary N) is 1. The van der Waals surface area contributed by atoms with Crippen LogP contribution in [0.1, 0.15) is 6.42 Å². The molecule has 0 spiro atoms. The molecule has 0 unspecified atom stereocenters. The quantitative estimate of drug-likeness (QED) is 0.479. The molecule has 2 amide bonds. The standard InChI is InChI=1S/C5H8N2O5.2K/c6-5(12)7-2(4(10)11)1-3(8)9;;/h2H,1H2,(H,8,9)(H,10,11)(H3,6,7,12);;/q;2*+1/p-2/t2-;;/m0../s1. The fourth-order valence-corrected chi connectivity index (χ4v) is 0.532. The van der Waals surface area contributed by atoms with Gasteiger partial charge in [-0.1, -0.05) is 0 Å². The van der Waals surface area contributed by atoms with Gasteiger partial charge in [0.1, 0.15) is 0 Å². The van der Waals surface area contributed by atoms with Crippen molar-refractivity contribution in [2.75, 3.05) is 0 Å². The summed E-state index contributed by atoms with van der Waals surface area (Å²) in [5, 5.41) is 21.7. The molecule has 0 aliphatic carbocycles. The van der Waals surface area contributed by atoms with Crippen molar-refractivity contribution in [1.29, 1.82) is 0 Å². The first-order valence-electron chi connectivity index (χ1n) is 2.90. The Morgan fingerprint density at radius 3 is 1.86 bits per heavy atom. The summed E-state index contributed by atoms with van der Waals surface area (Å²) >= 11 is 0. The SMILES string of the molecule is NC(=O)N[C@@H](CC(=O)[O-])C(=O)[O-].[K+].[K+]. The molecule has 0 aromatic rings. The summed E-state index contributed by atoms with van der Waals surface area (Å²) in [5.74, 6) is -3.34. The van der Waals surface area contributed by atoms with E-state index in [4.69, 9.17) is 0 Å². The average Bonchev–Trinajstić information content (AvgIpc) is 1.83. The molecular weight excluding hydrogens is 246 g/mol. The number of nitrogens with one attached hydrogen (secondary N) is 1. The minimum atomic E-state index is -1.72. The molecule has 0 saturated heterocycles. The first-order valence-corrected chi connectivity index (χ1v) is 2.90. The van der Waals surface area contributed by atoms with Gasteiger partial charge in [0.15, 0.2) is 0 Å². The van der Waals surface area contributed by atoms with Gasteiger partial charge in [0.25, 0.3) is 0 Å². The molecule has 0 fully saturated rings. The van der Waals surface area contributed by atoms with Gasteiger partial charge in [0, 0.05) is 12.4 Å². The zero-order chi connectivity index (χ0) is 9.72. The van der Waals surface area contributed by atoms with Crippen LogP contribution in [0, 0.1) is 0 Å². The first-order chi connectivity index (χ1) is 5.43. The number of hydrogen-bond donors (Lipinski definition) is 2. The van der Waals surface area contributed by atoms with Gasteiger partial charge in [-0.25, -0.2) is 4.79 Å². The molecular formula is C5H6K2N2O5. The molecule has 0 saturated carbocycles. The van der Waals surface area contributed by atoms with E-state index in [0.29, 0.717) is 0 Å². The van der Waals surface area contributed by atoms with Gasteiger partial charge in [0.05, 0.1) is 12.0 Å². The Kier molecular flexibility index (Phi) is 16.3. The van der Waals surface area contributed by atoms with Crippen LogP contribution < -0.4 is 124 Å². The summed E-state index contributed by atoms with van der Waals surface area (Å²) in [4.78, 5) is 30.1. The summed E-state index contributed by atoms with van der Waals surface area (Å²) in [7, 11) is 0. The van der Waals surface area contributed by atoms with Gasteiger partial charge < -0.3 is 30.9 Å². The van der Waals surface area contributed by atoms with Crippen molar-refractivity contribution in [3.05, 3.63) is 0 Å². The smallest absolute Gasteiger partial charge is 0.550 e. The molecule has 0 aliphatic heterocycles. The molecule has 14 heavy (non-hydrogen) atoms. The van der Waals surface area contributed by atoms with Crippen LogP contribution in [0.5, 0.6) is 0 Å². The maximum atomic E-state index is 10.1. The number of carboxylic acids is 2. The number of primary amides is 1. The number of hydrogen-bond acceptors (Lipinski definition) is 5. The van der Waals surface area contributed by atoms with Gasteiger partial charge in [-0.2, -0.15) is 0 Å². The predicted molar refractivity (Wildman–Crippen MR) is 31.1 cm³/mol. The molecule has 1 atom stereocenters. The number of carbonyl (C=O) groups is 3. The molecule has 7 nitrogen and oxygen atoms in total. The average molecular weight is 252 g/mol. The van der Waals surface area contributed by atoms with Crippen LogP contribution >= 0.6 is 0 Å². The summed E-state index contributed by atoms with van der Waals surface area (Å²) in [6.45, 7) is 0. The van der Waals surface area contributed by atoms with Crippen molar-refractivity contribution in [2.45, 2.75) is 12.5 Å². The van der Waals surface area contributed by atoms with Crippen LogP contribution in [0.3, 0.4) is 0 Å². The zero-order valence-corrected chi connectivity index (χ0v) is 14.1. The Hall–Kier alpha value is 1.48. The van der Waals surface area contributed by atoms with E-state index in [0.717, 1.165) is 0 Å². The first kappa shape index (κ1) is 20.8. The molecule has 0 aromatic heterocycles. The van der Waals surface area contributed by atoms with E-state index in [2.05, 4.69) is 5.73 Å². The third-order valence-corrected chi connectivity index (χ3v) is 0.972. The number of carboxylic acid groups (broad SMARTS) is 2. The Labute approximate surface area is 165 Å². The normalized spacial score (nSPS) is 10.0. The van der Waals surface area contributed by atoms with Crippen LogP contribution in [0.25, 0.3) is 0 Å².